The molecule has 1 heterocycles. The Kier molecular flexibility index (Phi) is 5.07. The number of alkyl halides is 6. The highest BCUT2D eigenvalue weighted by molar-refractivity contribution is 5.83. The van der Waals surface area contributed by atoms with Crippen LogP contribution in [-0.2, 0) is 12.4 Å². The third-order valence-electron chi connectivity index (χ3n) is 4.99. The molecule has 0 radical (unpaired) electrons. The molecule has 0 aliphatic heterocycles. The number of halogens is 6. The van der Waals surface area contributed by atoms with Gasteiger partial charge in [-0.25, -0.2) is 4.98 Å². The second-order valence-corrected chi connectivity index (χ2v) is 7.26. The van der Waals surface area contributed by atoms with Gasteiger partial charge in [0.2, 0.25) is 0 Å². The minimum absolute atomic E-state index is 0.0495. The molecule has 0 atom stereocenters. The fourth-order valence-electron chi connectivity index (χ4n) is 3.41. The van der Waals surface area contributed by atoms with E-state index in [0.29, 0.717) is 11.1 Å². The number of nitrogens with zero attached hydrogens (tertiary/aromatic N) is 1. The number of rotatable bonds is 2. The van der Waals surface area contributed by atoms with Gasteiger partial charge in [-0.2, -0.15) is 26.3 Å². The van der Waals surface area contributed by atoms with E-state index in [0.717, 1.165) is 30.3 Å². The van der Waals surface area contributed by atoms with E-state index in [1.54, 1.807) is 19.1 Å². The van der Waals surface area contributed by atoms with E-state index in [2.05, 4.69) is 9.97 Å². The molecule has 1 aromatic heterocycles. The van der Waals surface area contributed by atoms with Gasteiger partial charge in [0.05, 0.1) is 22.0 Å². The van der Waals surface area contributed by atoms with E-state index in [-0.39, 0.29) is 27.9 Å². The van der Waals surface area contributed by atoms with Gasteiger partial charge in [0.25, 0.3) is 5.56 Å². The molecular formula is C23H14F6N2O. The number of para-hydroxylation sites is 1. The van der Waals surface area contributed by atoms with Gasteiger partial charge in [0, 0.05) is 5.56 Å². The number of benzene rings is 3. The summed E-state index contributed by atoms with van der Waals surface area (Å²) in [5.41, 5.74) is -1.83. The lowest BCUT2D eigenvalue weighted by Gasteiger charge is -2.14. The first-order valence-corrected chi connectivity index (χ1v) is 9.33. The lowest BCUT2D eigenvalue weighted by Crippen LogP contribution is -2.11. The number of aromatic amines is 1. The zero-order chi connectivity index (χ0) is 23.3. The zero-order valence-corrected chi connectivity index (χ0v) is 16.4. The van der Waals surface area contributed by atoms with Crippen LogP contribution in [0.25, 0.3) is 33.4 Å². The molecule has 3 aromatic carbocycles. The summed E-state index contributed by atoms with van der Waals surface area (Å²) in [7, 11) is 0. The van der Waals surface area contributed by atoms with Crippen LogP contribution >= 0.6 is 0 Å². The van der Waals surface area contributed by atoms with Crippen molar-refractivity contribution in [2.75, 3.05) is 0 Å². The van der Waals surface area contributed by atoms with Crippen LogP contribution < -0.4 is 5.56 Å². The standard InChI is InChI=1S/C23H14F6N2O/c1-12-4-2-7-18-19(12)30-20(31-21(18)32)15-8-14(10-17(11-15)23(27,28)29)13-5-3-6-16(9-13)22(24,25)26/h2-11H,1H3,(H,30,31,32). The molecule has 1 N–H and O–H groups in total. The van der Waals surface area contributed by atoms with Gasteiger partial charge in [-0.05, 0) is 60.0 Å². The second kappa shape index (κ2) is 7.51. The van der Waals surface area contributed by atoms with Crippen molar-refractivity contribution in [3.05, 3.63) is 87.7 Å². The molecule has 0 aliphatic carbocycles. The van der Waals surface area contributed by atoms with E-state index in [1.807, 2.05) is 0 Å². The summed E-state index contributed by atoms with van der Waals surface area (Å²) in [6.45, 7) is 1.71. The normalized spacial score (nSPS) is 12.3. The van der Waals surface area contributed by atoms with Gasteiger partial charge >= 0.3 is 12.4 Å². The fourth-order valence-corrected chi connectivity index (χ4v) is 3.41. The molecule has 4 rings (SSSR count). The summed E-state index contributed by atoms with van der Waals surface area (Å²) in [6, 6.07) is 11.8. The minimum Gasteiger partial charge on any atom is -0.306 e. The Morgan fingerprint density at radius 3 is 2.06 bits per heavy atom. The molecule has 0 unspecified atom stereocenters. The molecule has 0 fully saturated rings. The van der Waals surface area contributed by atoms with E-state index in [4.69, 9.17) is 0 Å². The SMILES string of the molecule is Cc1cccc2c(=O)[nH]c(-c3cc(-c4cccc(C(F)(F)F)c4)cc(C(F)(F)F)c3)nc12. The van der Waals surface area contributed by atoms with Gasteiger partial charge in [0.1, 0.15) is 5.82 Å². The fraction of sp³-hybridized carbons (Fsp3) is 0.130. The van der Waals surface area contributed by atoms with Crippen LogP contribution in [-0.4, -0.2) is 9.97 Å². The summed E-state index contributed by atoms with van der Waals surface area (Å²) in [5, 5.41) is 0.277. The predicted molar refractivity (Wildman–Crippen MR) is 108 cm³/mol. The first-order valence-electron chi connectivity index (χ1n) is 9.33. The highest BCUT2D eigenvalue weighted by atomic mass is 19.4. The summed E-state index contributed by atoms with van der Waals surface area (Å²) in [5.74, 6) is -0.115. The third-order valence-corrected chi connectivity index (χ3v) is 4.99. The number of nitrogens with one attached hydrogen (secondary N) is 1. The Hall–Kier alpha value is -3.62. The first kappa shape index (κ1) is 21.6. The van der Waals surface area contributed by atoms with Crippen molar-refractivity contribution in [2.45, 2.75) is 19.3 Å². The summed E-state index contributed by atoms with van der Waals surface area (Å²) >= 11 is 0. The van der Waals surface area contributed by atoms with Gasteiger partial charge < -0.3 is 4.98 Å². The Morgan fingerprint density at radius 1 is 0.750 bits per heavy atom. The number of aromatic nitrogens is 2. The molecule has 164 valence electrons. The average molecular weight is 448 g/mol. The summed E-state index contributed by atoms with van der Waals surface area (Å²) < 4.78 is 80.0. The lowest BCUT2D eigenvalue weighted by atomic mass is 9.97. The number of fused-ring (bicyclic) bond motifs is 1. The molecular weight excluding hydrogens is 434 g/mol. The number of hydrogen-bond acceptors (Lipinski definition) is 2. The monoisotopic (exact) mass is 448 g/mol. The van der Waals surface area contributed by atoms with Crippen LogP contribution in [0.2, 0.25) is 0 Å². The van der Waals surface area contributed by atoms with Crippen molar-refractivity contribution in [3.63, 3.8) is 0 Å². The predicted octanol–water partition coefficient (Wildman–Crippen LogP) is 6.60. The smallest absolute Gasteiger partial charge is 0.306 e. The zero-order valence-electron chi connectivity index (χ0n) is 16.4. The van der Waals surface area contributed by atoms with Crippen molar-refractivity contribution < 1.29 is 26.3 Å². The van der Waals surface area contributed by atoms with Crippen LogP contribution in [0.5, 0.6) is 0 Å². The Bertz CT molecular complexity index is 1390. The highest BCUT2D eigenvalue weighted by Gasteiger charge is 2.33. The van der Waals surface area contributed by atoms with E-state index < -0.39 is 29.0 Å². The van der Waals surface area contributed by atoms with Gasteiger partial charge in [0.15, 0.2) is 0 Å². The molecule has 0 spiro atoms. The van der Waals surface area contributed by atoms with E-state index >= 15 is 0 Å². The lowest BCUT2D eigenvalue weighted by molar-refractivity contribution is -0.138. The molecule has 0 bridgehead atoms. The minimum atomic E-state index is -4.76. The van der Waals surface area contributed by atoms with Crippen LogP contribution in [0.1, 0.15) is 16.7 Å². The van der Waals surface area contributed by atoms with Gasteiger partial charge in [-0.3, -0.25) is 4.79 Å². The molecule has 3 nitrogen and oxygen atoms in total. The van der Waals surface area contributed by atoms with Crippen LogP contribution in [0.4, 0.5) is 26.3 Å². The van der Waals surface area contributed by atoms with E-state index in [9.17, 15) is 31.1 Å². The quantitative estimate of drug-likeness (QED) is 0.351. The summed E-state index contributed by atoms with van der Waals surface area (Å²) in [6.07, 6.45) is -9.41. The molecule has 0 amide bonds. The van der Waals surface area contributed by atoms with Gasteiger partial charge in [-0.1, -0.05) is 24.3 Å². The maximum atomic E-state index is 13.6. The van der Waals surface area contributed by atoms with Crippen LogP contribution in [0.15, 0.2) is 65.5 Å². The maximum absolute atomic E-state index is 13.6. The highest BCUT2D eigenvalue weighted by Crippen LogP contribution is 2.37. The molecule has 32 heavy (non-hydrogen) atoms. The van der Waals surface area contributed by atoms with Crippen molar-refractivity contribution in [1.82, 2.24) is 9.97 Å². The number of aryl methyl sites for hydroxylation is 1. The molecule has 4 aromatic rings. The Morgan fingerprint density at radius 2 is 1.38 bits per heavy atom. The molecule has 0 saturated carbocycles. The van der Waals surface area contributed by atoms with Crippen molar-refractivity contribution in [3.8, 4) is 22.5 Å². The summed E-state index contributed by atoms with van der Waals surface area (Å²) in [4.78, 5) is 19.3. The van der Waals surface area contributed by atoms with Crippen molar-refractivity contribution >= 4 is 10.9 Å². The molecule has 0 aliphatic rings. The Balaban J connectivity index is 1.96. The first-order chi connectivity index (χ1) is 14.9. The number of hydrogen-bond donors (Lipinski definition) is 1. The van der Waals surface area contributed by atoms with Gasteiger partial charge in [-0.15, -0.1) is 0 Å². The largest absolute Gasteiger partial charge is 0.416 e. The van der Waals surface area contributed by atoms with Crippen molar-refractivity contribution in [1.29, 1.82) is 0 Å². The van der Waals surface area contributed by atoms with Crippen LogP contribution in [0.3, 0.4) is 0 Å². The second-order valence-electron chi connectivity index (χ2n) is 7.26. The number of H-pyrrole nitrogens is 1. The molecule has 0 saturated heterocycles. The maximum Gasteiger partial charge on any atom is 0.416 e. The molecule has 9 heteroatoms. The van der Waals surface area contributed by atoms with Crippen LogP contribution in [0, 0.1) is 6.92 Å². The van der Waals surface area contributed by atoms with Crippen molar-refractivity contribution in [2.24, 2.45) is 0 Å². The average Bonchev–Trinajstić information content (AvgIpc) is 2.73. The van der Waals surface area contributed by atoms with E-state index in [1.165, 1.54) is 18.2 Å². The third kappa shape index (κ3) is 4.10. The topological polar surface area (TPSA) is 45.8 Å². The Labute approximate surface area is 177 Å².